The molecule has 0 aromatic rings. The van der Waals surface area contributed by atoms with Crippen LogP contribution in [0.2, 0.25) is 0 Å². The van der Waals surface area contributed by atoms with Crippen molar-refractivity contribution in [2.24, 2.45) is 0 Å². The monoisotopic (exact) mass is 186 g/mol. The minimum atomic E-state index is -3.70. The highest BCUT2D eigenvalue weighted by Crippen LogP contribution is 1.97. The third-order valence-electron chi connectivity index (χ3n) is 0.649. The molecule has 0 heterocycles. The number of hydrogen-bond acceptors (Lipinski definition) is 4. The Labute approximate surface area is 63.5 Å². The average molecular weight is 187 g/mol. The van der Waals surface area contributed by atoms with Crippen LogP contribution in [0.15, 0.2) is 0 Å². The van der Waals surface area contributed by atoms with Crippen molar-refractivity contribution in [3.8, 4) is 0 Å². The fourth-order valence-corrected chi connectivity index (χ4v) is 0.644. The summed E-state index contributed by atoms with van der Waals surface area (Å²) >= 11 is 0. The van der Waals surface area contributed by atoms with Crippen LogP contribution in [0.25, 0.3) is 0 Å². The molecule has 0 bridgehead atoms. The molecule has 10 heavy (non-hydrogen) atoms. The van der Waals surface area contributed by atoms with E-state index in [1.807, 2.05) is 0 Å². The Morgan fingerprint density at radius 1 is 1.60 bits per heavy atom. The Morgan fingerprint density at radius 2 is 2.10 bits per heavy atom. The SMILES string of the molecule is CCC(=O)OCS(=O)(=O)Cl. The summed E-state index contributed by atoms with van der Waals surface area (Å²) in [6.45, 7) is 1.56. The van der Waals surface area contributed by atoms with Crippen molar-refractivity contribution >= 4 is 25.7 Å². The van der Waals surface area contributed by atoms with Gasteiger partial charge in [0, 0.05) is 17.1 Å². The molecule has 60 valence electrons. The van der Waals surface area contributed by atoms with E-state index < -0.39 is 21.0 Å². The lowest BCUT2D eigenvalue weighted by Gasteiger charge is -1.97. The van der Waals surface area contributed by atoms with E-state index >= 15 is 0 Å². The van der Waals surface area contributed by atoms with Crippen molar-refractivity contribution in [3.05, 3.63) is 0 Å². The lowest BCUT2D eigenvalue weighted by Crippen LogP contribution is -2.08. The molecule has 0 aliphatic rings. The van der Waals surface area contributed by atoms with E-state index in [1.54, 1.807) is 6.92 Å². The van der Waals surface area contributed by atoms with Crippen LogP contribution in [0.3, 0.4) is 0 Å². The van der Waals surface area contributed by atoms with Gasteiger partial charge in [0.05, 0.1) is 0 Å². The molecule has 0 aliphatic carbocycles. The van der Waals surface area contributed by atoms with Gasteiger partial charge in [0.15, 0.2) is 0 Å². The Kier molecular flexibility index (Phi) is 3.67. The van der Waals surface area contributed by atoms with Crippen molar-refractivity contribution < 1.29 is 17.9 Å². The van der Waals surface area contributed by atoms with Crippen molar-refractivity contribution in [3.63, 3.8) is 0 Å². The van der Waals surface area contributed by atoms with E-state index in [-0.39, 0.29) is 6.42 Å². The minimum absolute atomic E-state index is 0.145. The number of hydrogen-bond donors (Lipinski definition) is 0. The van der Waals surface area contributed by atoms with Crippen molar-refractivity contribution in [2.45, 2.75) is 13.3 Å². The zero-order chi connectivity index (χ0) is 8.20. The fraction of sp³-hybridized carbons (Fsp3) is 0.750. The van der Waals surface area contributed by atoms with Gasteiger partial charge >= 0.3 is 5.97 Å². The first-order valence-electron chi connectivity index (χ1n) is 2.53. The van der Waals surface area contributed by atoms with Gasteiger partial charge in [0.2, 0.25) is 5.94 Å². The van der Waals surface area contributed by atoms with E-state index in [0.29, 0.717) is 0 Å². The van der Waals surface area contributed by atoms with Gasteiger partial charge in [0.25, 0.3) is 9.05 Å². The lowest BCUT2D eigenvalue weighted by molar-refractivity contribution is -0.141. The molecule has 0 saturated heterocycles. The molecule has 0 amide bonds. The summed E-state index contributed by atoms with van der Waals surface area (Å²) in [6, 6.07) is 0. The molecular weight excluding hydrogens is 180 g/mol. The maximum atomic E-state index is 10.3. The predicted molar refractivity (Wildman–Crippen MR) is 36.0 cm³/mol. The molecule has 4 nitrogen and oxygen atoms in total. The van der Waals surface area contributed by atoms with Crippen molar-refractivity contribution in [2.75, 3.05) is 5.94 Å². The quantitative estimate of drug-likeness (QED) is 0.475. The maximum absolute atomic E-state index is 10.3. The van der Waals surface area contributed by atoms with E-state index in [2.05, 4.69) is 4.74 Å². The Hall–Kier alpha value is -0.290. The first kappa shape index (κ1) is 9.71. The number of carbonyl (C=O) groups is 1. The van der Waals surface area contributed by atoms with Crippen LogP contribution in [-0.4, -0.2) is 20.3 Å². The number of rotatable bonds is 3. The zero-order valence-electron chi connectivity index (χ0n) is 5.33. The zero-order valence-corrected chi connectivity index (χ0v) is 6.91. The second kappa shape index (κ2) is 3.78. The second-order valence-electron chi connectivity index (χ2n) is 1.53. The van der Waals surface area contributed by atoms with Gasteiger partial charge in [-0.25, -0.2) is 8.42 Å². The predicted octanol–water partition coefficient (Wildman–Crippen LogP) is 0.466. The van der Waals surface area contributed by atoms with Crippen LogP contribution >= 0.6 is 10.7 Å². The first-order chi connectivity index (χ1) is 4.45. The van der Waals surface area contributed by atoms with Crippen LogP contribution < -0.4 is 0 Å². The summed E-state index contributed by atoms with van der Waals surface area (Å²) < 4.78 is 24.5. The summed E-state index contributed by atoms with van der Waals surface area (Å²) in [5.41, 5.74) is 0. The van der Waals surface area contributed by atoms with Crippen molar-refractivity contribution in [1.29, 1.82) is 0 Å². The highest BCUT2D eigenvalue weighted by Gasteiger charge is 2.07. The molecule has 0 unspecified atom stereocenters. The minimum Gasteiger partial charge on any atom is -0.448 e. The molecule has 6 heteroatoms. The summed E-state index contributed by atoms with van der Waals surface area (Å²) in [7, 11) is 1.03. The first-order valence-corrected chi connectivity index (χ1v) is 5.01. The van der Waals surface area contributed by atoms with Crippen LogP contribution in [-0.2, 0) is 18.6 Å². The summed E-state index contributed by atoms with van der Waals surface area (Å²) in [5, 5.41) is 0. The molecule has 0 N–H and O–H groups in total. The molecule has 0 fully saturated rings. The number of ether oxygens (including phenoxy) is 1. The van der Waals surface area contributed by atoms with Gasteiger partial charge in [0.1, 0.15) is 0 Å². The largest absolute Gasteiger partial charge is 0.448 e. The third-order valence-corrected chi connectivity index (χ3v) is 1.32. The van der Waals surface area contributed by atoms with Gasteiger partial charge in [-0.3, -0.25) is 4.79 Å². The van der Waals surface area contributed by atoms with Gasteiger partial charge in [-0.1, -0.05) is 6.92 Å². The Morgan fingerprint density at radius 3 is 2.40 bits per heavy atom. The van der Waals surface area contributed by atoms with E-state index in [4.69, 9.17) is 10.7 Å². The molecule has 0 rings (SSSR count). The van der Waals surface area contributed by atoms with E-state index in [1.165, 1.54) is 0 Å². The maximum Gasteiger partial charge on any atom is 0.306 e. The fourth-order valence-electron chi connectivity index (χ4n) is 0.238. The Balaban J connectivity index is 3.67. The lowest BCUT2D eigenvalue weighted by atomic mass is 10.5. The standard InChI is InChI=1S/C4H7ClO4S/c1-2-4(6)9-3-10(5,7)8/h2-3H2,1H3. The third kappa shape index (κ3) is 5.84. The molecule has 0 aromatic carbocycles. The summed E-state index contributed by atoms with van der Waals surface area (Å²) in [5.74, 6) is -1.33. The highest BCUT2D eigenvalue weighted by molar-refractivity contribution is 8.13. The topological polar surface area (TPSA) is 60.4 Å². The number of carbonyl (C=O) groups excluding carboxylic acids is 1. The van der Waals surface area contributed by atoms with Crippen LogP contribution in [0.1, 0.15) is 13.3 Å². The van der Waals surface area contributed by atoms with Crippen LogP contribution in [0.5, 0.6) is 0 Å². The Bertz CT molecular complexity index is 207. The molecule has 0 spiro atoms. The van der Waals surface area contributed by atoms with Gasteiger partial charge < -0.3 is 4.74 Å². The number of halogens is 1. The molecule has 0 saturated carbocycles. The highest BCUT2D eigenvalue weighted by atomic mass is 35.7. The normalized spacial score (nSPS) is 11.0. The van der Waals surface area contributed by atoms with Gasteiger partial charge in [-0.15, -0.1) is 0 Å². The van der Waals surface area contributed by atoms with Crippen LogP contribution in [0.4, 0.5) is 0 Å². The van der Waals surface area contributed by atoms with Crippen molar-refractivity contribution in [1.82, 2.24) is 0 Å². The molecule has 0 aromatic heterocycles. The average Bonchev–Trinajstić information content (AvgIpc) is 1.81. The second-order valence-corrected chi connectivity index (χ2v) is 4.25. The van der Waals surface area contributed by atoms with E-state index in [0.717, 1.165) is 0 Å². The van der Waals surface area contributed by atoms with E-state index in [9.17, 15) is 13.2 Å². The van der Waals surface area contributed by atoms with Gasteiger partial charge in [-0.2, -0.15) is 0 Å². The van der Waals surface area contributed by atoms with Gasteiger partial charge in [-0.05, 0) is 0 Å². The summed E-state index contributed by atoms with van der Waals surface area (Å²) in [6.07, 6.45) is 0.145. The molecular formula is C4H7ClO4S. The molecule has 0 atom stereocenters. The number of esters is 1. The van der Waals surface area contributed by atoms with Crippen LogP contribution in [0, 0.1) is 0 Å². The molecule has 0 aliphatic heterocycles. The molecule has 0 radical (unpaired) electrons. The smallest absolute Gasteiger partial charge is 0.306 e. The summed E-state index contributed by atoms with van der Waals surface area (Å²) in [4.78, 5) is 10.3.